The van der Waals surface area contributed by atoms with E-state index in [1.54, 1.807) is 24.7 Å². The average Bonchev–Trinajstić information content (AvgIpc) is 3.08. The van der Waals surface area contributed by atoms with E-state index in [9.17, 15) is 9.18 Å². The Kier molecular flexibility index (Phi) is 6.41. The maximum atomic E-state index is 14.9. The second-order valence-corrected chi connectivity index (χ2v) is 16.4. The zero-order valence-corrected chi connectivity index (χ0v) is 21.2. The number of hydrogen-bond acceptors (Lipinski definition) is 5. The topological polar surface area (TPSA) is 82.2 Å². The van der Waals surface area contributed by atoms with Gasteiger partial charge in [0.25, 0.3) is 0 Å². The zero-order chi connectivity index (χ0) is 23.9. The van der Waals surface area contributed by atoms with Gasteiger partial charge in [-0.25, -0.2) is 4.39 Å². The highest BCUT2D eigenvalue weighted by Crippen LogP contribution is 2.36. The Morgan fingerprint density at radius 1 is 1.28 bits per heavy atom. The summed E-state index contributed by atoms with van der Waals surface area (Å²) in [5.41, 5.74) is 7.06. The van der Waals surface area contributed by atoms with Crippen LogP contribution >= 0.6 is 0 Å². The summed E-state index contributed by atoms with van der Waals surface area (Å²) in [6, 6.07) is 0. The van der Waals surface area contributed by atoms with Crippen molar-refractivity contribution in [2.45, 2.75) is 58.3 Å². The molecule has 0 atom stereocenters. The molecule has 0 aromatic carbocycles. The van der Waals surface area contributed by atoms with Gasteiger partial charge in [-0.3, -0.25) is 9.78 Å². The molecule has 0 unspecified atom stereocenters. The van der Waals surface area contributed by atoms with Gasteiger partial charge in [0.05, 0.1) is 31.9 Å². The van der Waals surface area contributed by atoms with E-state index >= 15 is 0 Å². The summed E-state index contributed by atoms with van der Waals surface area (Å²) >= 11 is 0. The zero-order valence-electron chi connectivity index (χ0n) is 20.2. The molecule has 0 aliphatic carbocycles. The van der Waals surface area contributed by atoms with Gasteiger partial charge in [-0.15, -0.1) is 0 Å². The molecule has 0 amide bonds. The first-order chi connectivity index (χ1) is 14.7. The number of nitrogens with two attached hydrogens (primary N) is 1. The smallest absolute Gasteiger partial charge is 0.193 e. The minimum absolute atomic E-state index is 0.192. The minimum atomic E-state index is -1.61. The molecule has 6 nitrogen and oxygen atoms in total. The highest BCUT2D eigenvalue weighted by molar-refractivity contribution is 6.80. The first kappa shape index (κ1) is 24.2. The number of hydrogen-bond donors (Lipinski definition) is 2. The highest BCUT2D eigenvalue weighted by Gasteiger charge is 2.36. The normalized spacial score (nSPS) is 15.4. The van der Waals surface area contributed by atoms with Gasteiger partial charge in [-0.2, -0.15) is 0 Å². The van der Waals surface area contributed by atoms with Gasteiger partial charge >= 0.3 is 0 Å². The van der Waals surface area contributed by atoms with Gasteiger partial charge in [0.15, 0.2) is 11.6 Å². The summed E-state index contributed by atoms with van der Waals surface area (Å²) in [7, 11) is -1.61. The fraction of sp³-hybridized carbons (Fsp3) is 0.500. The number of Topliss-reactive ketones (excluding diaryl/α,β-unsaturated/α-hetero) is 1. The van der Waals surface area contributed by atoms with E-state index in [-0.39, 0.29) is 10.8 Å². The number of dihydropyridines is 1. The summed E-state index contributed by atoms with van der Waals surface area (Å²) in [5, 5.41) is 3.70. The lowest BCUT2D eigenvalue weighted by molar-refractivity contribution is 0.0930. The number of carbonyl (C=O) groups excluding carboxylic acids is 1. The van der Waals surface area contributed by atoms with Gasteiger partial charge in [-0.05, 0) is 25.0 Å². The Hall–Kier alpha value is -2.45. The molecule has 0 radical (unpaired) electrons. The van der Waals surface area contributed by atoms with Gasteiger partial charge < -0.3 is 20.4 Å². The van der Waals surface area contributed by atoms with Crippen molar-refractivity contribution in [2.75, 3.05) is 19.4 Å². The summed E-state index contributed by atoms with van der Waals surface area (Å²) in [6.45, 7) is 16.2. The number of rotatable bonds is 7. The average molecular weight is 459 g/mol. The third kappa shape index (κ3) is 4.66. The lowest BCUT2D eigenvalue weighted by Gasteiger charge is -2.37. The van der Waals surface area contributed by atoms with Crippen LogP contribution < -0.4 is 11.1 Å². The van der Waals surface area contributed by atoms with Crippen LogP contribution in [0.2, 0.25) is 18.1 Å². The third-order valence-corrected chi connectivity index (χ3v) is 11.7. The van der Waals surface area contributed by atoms with E-state index in [1.165, 1.54) is 6.20 Å². The van der Waals surface area contributed by atoms with E-state index in [4.69, 9.17) is 10.5 Å². The molecule has 32 heavy (non-hydrogen) atoms. The molecule has 2 aromatic heterocycles. The Balaban J connectivity index is 1.96. The predicted octanol–water partition coefficient (Wildman–Crippen LogP) is 4.49. The summed E-state index contributed by atoms with van der Waals surface area (Å²) in [5.74, 6) is -0.656. The van der Waals surface area contributed by atoms with Crippen LogP contribution in [0.5, 0.6) is 0 Å². The fourth-order valence-corrected chi connectivity index (χ4v) is 4.57. The largest absolute Gasteiger partial charge is 0.398 e. The molecule has 0 saturated heterocycles. The highest BCUT2D eigenvalue weighted by atomic mass is 28.3. The van der Waals surface area contributed by atoms with Crippen molar-refractivity contribution in [3.8, 4) is 0 Å². The van der Waals surface area contributed by atoms with Crippen LogP contribution in [0, 0.1) is 5.82 Å². The van der Waals surface area contributed by atoms with Gasteiger partial charge in [-0.1, -0.05) is 33.9 Å². The predicted molar refractivity (Wildman–Crippen MR) is 130 cm³/mol. The van der Waals surface area contributed by atoms with Gasteiger partial charge in [0, 0.05) is 53.6 Å². The van der Waals surface area contributed by atoms with Crippen LogP contribution in [0.1, 0.15) is 45.0 Å². The van der Waals surface area contributed by atoms with Gasteiger partial charge in [0.1, 0.15) is 0 Å². The Bertz CT molecular complexity index is 1090. The quantitative estimate of drug-likeness (QED) is 0.472. The van der Waals surface area contributed by atoms with Crippen LogP contribution in [0.15, 0.2) is 42.1 Å². The van der Waals surface area contributed by atoms with E-state index in [0.717, 1.165) is 0 Å². The number of fused-ring (bicyclic) bond motifs is 1. The Labute approximate surface area is 190 Å². The maximum absolute atomic E-state index is 14.9. The maximum Gasteiger partial charge on any atom is 0.193 e. The molecular weight excluding hydrogens is 423 g/mol. The third-order valence-electron chi connectivity index (χ3n) is 6.70. The van der Waals surface area contributed by atoms with Crippen molar-refractivity contribution < 1.29 is 13.9 Å². The molecule has 174 valence electrons. The van der Waals surface area contributed by atoms with E-state index < -0.39 is 19.4 Å². The summed E-state index contributed by atoms with van der Waals surface area (Å²) < 4.78 is 23.0. The molecular formula is C24H35FN4O2Si. The van der Waals surface area contributed by atoms with Crippen LogP contribution in [-0.4, -0.2) is 42.8 Å². The molecule has 0 fully saturated rings. The van der Waals surface area contributed by atoms with E-state index in [0.29, 0.717) is 47.1 Å². The van der Waals surface area contributed by atoms with Crippen LogP contribution in [0.4, 0.5) is 4.39 Å². The molecule has 8 heteroatoms. The molecule has 2 aromatic rings. The number of allylic oxidation sites excluding steroid dienone is 1. The molecule has 1 aliphatic rings. The van der Waals surface area contributed by atoms with Gasteiger partial charge in [0.2, 0.25) is 0 Å². The number of carbonyl (C=O) groups is 1. The second kappa shape index (κ2) is 8.48. The number of ether oxygens (including phenoxy) is 1. The monoisotopic (exact) mass is 458 g/mol. The molecule has 3 N–H and O–H groups in total. The van der Waals surface area contributed by atoms with Crippen molar-refractivity contribution in [3.63, 3.8) is 0 Å². The number of nitrogens with zero attached hydrogens (tertiary/aromatic N) is 2. The van der Waals surface area contributed by atoms with Crippen molar-refractivity contribution in [1.82, 2.24) is 14.9 Å². The molecule has 0 saturated carbocycles. The van der Waals surface area contributed by atoms with Crippen LogP contribution in [-0.2, 0) is 10.3 Å². The van der Waals surface area contributed by atoms with Crippen LogP contribution in [0.25, 0.3) is 10.9 Å². The standard InChI is InChI=1S/C24H35FN4O2Si/c1-23(2,3)32(6,7)15-31-14-24(4,5)29-13-19(18-11-28-12-20(25)21(18)29)22(30)16-8-17(26)10-27-9-16/h8,10-13,27H,9,14-15,26H2,1-7H3. The molecule has 1 aliphatic heterocycles. The Morgan fingerprint density at radius 3 is 2.59 bits per heavy atom. The Morgan fingerprint density at radius 2 is 1.97 bits per heavy atom. The van der Waals surface area contributed by atoms with Crippen LogP contribution in [0.3, 0.4) is 0 Å². The van der Waals surface area contributed by atoms with Crippen molar-refractivity contribution in [3.05, 3.63) is 53.5 Å². The molecule has 3 rings (SSSR count). The van der Waals surface area contributed by atoms with Crippen molar-refractivity contribution in [2.24, 2.45) is 5.73 Å². The SMILES string of the molecule is CC(C)(COC[Si](C)(C)C(C)(C)C)n1cc(C(=O)C2=CC(N)=CNC2)c2cncc(F)c21. The number of pyridine rings is 1. The summed E-state index contributed by atoms with van der Waals surface area (Å²) in [6.07, 6.45) is 8.47. The molecule has 0 bridgehead atoms. The number of nitrogens with one attached hydrogen (secondary N) is 1. The number of aromatic nitrogens is 2. The molecule has 3 heterocycles. The second-order valence-electron chi connectivity index (χ2n) is 10.9. The first-order valence-corrected chi connectivity index (χ1v) is 14.1. The fourth-order valence-electron chi connectivity index (χ4n) is 3.53. The van der Waals surface area contributed by atoms with E-state index in [2.05, 4.69) is 44.2 Å². The molecule has 0 spiro atoms. The van der Waals surface area contributed by atoms with E-state index in [1.807, 2.05) is 18.4 Å². The first-order valence-electron chi connectivity index (χ1n) is 10.9. The van der Waals surface area contributed by atoms with Crippen molar-refractivity contribution in [1.29, 1.82) is 0 Å². The summed E-state index contributed by atoms with van der Waals surface area (Å²) in [4.78, 5) is 17.3. The minimum Gasteiger partial charge on any atom is -0.398 e. The number of halogens is 1. The lowest BCUT2D eigenvalue weighted by atomic mass is 10.0. The lowest BCUT2D eigenvalue weighted by Crippen LogP contribution is -2.44. The number of ketones is 1. The van der Waals surface area contributed by atoms with Crippen molar-refractivity contribution >= 4 is 24.8 Å².